The largest absolute Gasteiger partial charge is 0.478 e. The summed E-state index contributed by atoms with van der Waals surface area (Å²) in [7, 11) is 0. The first-order chi connectivity index (χ1) is 15.5. The lowest BCUT2D eigenvalue weighted by Crippen LogP contribution is -2.48. The van der Waals surface area contributed by atoms with Gasteiger partial charge in [0.05, 0.1) is 5.56 Å². The predicted octanol–water partition coefficient (Wildman–Crippen LogP) is 3.21. The highest BCUT2D eigenvalue weighted by Gasteiger charge is 2.39. The second kappa shape index (κ2) is 9.53. The highest BCUT2D eigenvalue weighted by atomic mass is 16.4. The van der Waals surface area contributed by atoms with E-state index in [-0.39, 0.29) is 23.3 Å². The van der Waals surface area contributed by atoms with Crippen molar-refractivity contribution in [2.45, 2.75) is 38.1 Å². The number of aromatic carboxylic acids is 1. The van der Waals surface area contributed by atoms with Crippen molar-refractivity contribution < 1.29 is 19.5 Å². The molecule has 1 aliphatic heterocycles. The van der Waals surface area contributed by atoms with Gasteiger partial charge >= 0.3 is 5.97 Å². The maximum absolute atomic E-state index is 13.5. The molecule has 0 aromatic heterocycles. The van der Waals surface area contributed by atoms with Crippen LogP contribution in [0.3, 0.4) is 0 Å². The first-order valence-corrected chi connectivity index (χ1v) is 11.2. The number of rotatable bonds is 5. The summed E-state index contributed by atoms with van der Waals surface area (Å²) in [6.07, 6.45) is 4.24. The molecule has 4 N–H and O–H groups in total. The van der Waals surface area contributed by atoms with Crippen LogP contribution in [0.2, 0.25) is 0 Å². The quantitative estimate of drug-likeness (QED) is 0.668. The molecular formula is C25H29N3O4. The molecule has 1 aliphatic carbocycles. The highest BCUT2D eigenvalue weighted by molar-refractivity contribution is 5.99. The van der Waals surface area contributed by atoms with E-state index in [0.29, 0.717) is 24.7 Å². The molecule has 1 heterocycles. The number of nitrogens with one attached hydrogen (secondary N) is 1. The van der Waals surface area contributed by atoms with E-state index in [4.69, 9.17) is 10.8 Å². The second-order valence-corrected chi connectivity index (χ2v) is 8.71. The van der Waals surface area contributed by atoms with Crippen LogP contribution in [0.5, 0.6) is 0 Å². The molecule has 0 spiro atoms. The molecule has 1 saturated carbocycles. The van der Waals surface area contributed by atoms with Gasteiger partial charge in [0.2, 0.25) is 5.91 Å². The van der Waals surface area contributed by atoms with E-state index in [9.17, 15) is 14.4 Å². The summed E-state index contributed by atoms with van der Waals surface area (Å²) in [6, 6.07) is 13.1. The molecule has 1 fully saturated rings. The fourth-order valence-corrected chi connectivity index (χ4v) is 4.87. The lowest BCUT2D eigenvalue weighted by atomic mass is 9.80. The summed E-state index contributed by atoms with van der Waals surface area (Å²) in [5.74, 6) is -0.868. The number of hydrogen-bond acceptors (Lipinski definition) is 4. The van der Waals surface area contributed by atoms with Gasteiger partial charge in [-0.15, -0.1) is 0 Å². The van der Waals surface area contributed by atoms with Gasteiger partial charge in [-0.2, -0.15) is 0 Å². The summed E-state index contributed by atoms with van der Waals surface area (Å²) in [6.45, 7) is 1.16. The fourth-order valence-electron chi connectivity index (χ4n) is 4.87. The van der Waals surface area contributed by atoms with Gasteiger partial charge in [-0.25, -0.2) is 4.79 Å². The molecule has 0 radical (unpaired) electrons. The second-order valence-electron chi connectivity index (χ2n) is 8.71. The molecule has 2 aromatic rings. The topological polar surface area (TPSA) is 113 Å². The summed E-state index contributed by atoms with van der Waals surface area (Å²) in [5, 5.41) is 12.0. The lowest BCUT2D eigenvalue weighted by Gasteiger charge is -2.39. The number of benzene rings is 2. The van der Waals surface area contributed by atoms with E-state index in [2.05, 4.69) is 5.32 Å². The van der Waals surface area contributed by atoms with Gasteiger partial charge in [0.15, 0.2) is 0 Å². The molecule has 0 saturated heterocycles. The molecule has 1 atom stereocenters. The monoisotopic (exact) mass is 435 g/mol. The Kier molecular flexibility index (Phi) is 6.55. The van der Waals surface area contributed by atoms with Gasteiger partial charge in [0.25, 0.3) is 5.91 Å². The van der Waals surface area contributed by atoms with Crippen LogP contribution in [-0.4, -0.2) is 40.9 Å². The zero-order chi connectivity index (χ0) is 22.7. The van der Waals surface area contributed by atoms with Crippen molar-refractivity contribution in [2.75, 3.05) is 18.4 Å². The maximum atomic E-state index is 13.5. The van der Waals surface area contributed by atoms with Crippen molar-refractivity contribution >= 4 is 23.5 Å². The van der Waals surface area contributed by atoms with Gasteiger partial charge in [-0.3, -0.25) is 9.59 Å². The Morgan fingerprint density at radius 2 is 1.69 bits per heavy atom. The van der Waals surface area contributed by atoms with Gasteiger partial charge in [0.1, 0.15) is 6.04 Å². The summed E-state index contributed by atoms with van der Waals surface area (Å²) < 4.78 is 0. The Labute approximate surface area is 187 Å². The standard InChI is InChI=1S/C25H29N3O4/c26-15-16-5-7-18(8-6-16)24(30)28-14-13-17-3-1-2-4-21(17)22(28)23(29)27-20-11-9-19(10-12-20)25(31)32/h1-4,9-12,16,18,22H,5-8,13-15,26H2,(H,27,29)(H,31,32)/t16?,18?,22-/m0/s1. The average Bonchev–Trinajstić information content (AvgIpc) is 2.83. The van der Waals surface area contributed by atoms with E-state index < -0.39 is 12.0 Å². The maximum Gasteiger partial charge on any atom is 0.335 e. The minimum atomic E-state index is -1.02. The smallest absolute Gasteiger partial charge is 0.335 e. The predicted molar refractivity (Wildman–Crippen MR) is 121 cm³/mol. The number of amides is 2. The summed E-state index contributed by atoms with van der Waals surface area (Å²) >= 11 is 0. The molecule has 168 valence electrons. The lowest BCUT2D eigenvalue weighted by molar-refractivity contribution is -0.144. The van der Waals surface area contributed by atoms with Crippen molar-refractivity contribution in [3.8, 4) is 0 Å². The highest BCUT2D eigenvalue weighted by Crippen LogP contribution is 2.36. The fraction of sp³-hybridized carbons (Fsp3) is 0.400. The van der Waals surface area contributed by atoms with E-state index >= 15 is 0 Å². The number of hydrogen-bond donors (Lipinski definition) is 3. The van der Waals surface area contributed by atoms with Gasteiger partial charge < -0.3 is 21.1 Å². The van der Waals surface area contributed by atoms with Crippen molar-refractivity contribution in [1.82, 2.24) is 4.90 Å². The molecular weight excluding hydrogens is 406 g/mol. The Hall–Kier alpha value is -3.19. The minimum absolute atomic E-state index is 0.0383. The van der Waals surface area contributed by atoms with Crippen molar-refractivity contribution in [2.24, 2.45) is 17.6 Å². The van der Waals surface area contributed by atoms with Crippen LogP contribution in [-0.2, 0) is 16.0 Å². The molecule has 4 rings (SSSR count). The first kappa shape index (κ1) is 22.0. The van der Waals surface area contributed by atoms with Crippen LogP contribution in [0.15, 0.2) is 48.5 Å². The van der Waals surface area contributed by atoms with E-state index in [1.165, 1.54) is 12.1 Å². The van der Waals surface area contributed by atoms with Crippen LogP contribution in [0.25, 0.3) is 0 Å². The van der Waals surface area contributed by atoms with Crippen LogP contribution in [0, 0.1) is 11.8 Å². The van der Waals surface area contributed by atoms with Crippen LogP contribution in [0.4, 0.5) is 5.69 Å². The number of carbonyl (C=O) groups excluding carboxylic acids is 2. The zero-order valence-corrected chi connectivity index (χ0v) is 18.0. The Balaban J connectivity index is 1.57. The zero-order valence-electron chi connectivity index (χ0n) is 18.0. The Morgan fingerprint density at radius 3 is 2.34 bits per heavy atom. The van der Waals surface area contributed by atoms with E-state index in [0.717, 1.165) is 43.2 Å². The number of nitrogens with two attached hydrogens (primary N) is 1. The molecule has 7 heteroatoms. The Bertz CT molecular complexity index is 997. The molecule has 32 heavy (non-hydrogen) atoms. The number of fused-ring (bicyclic) bond motifs is 1. The van der Waals surface area contributed by atoms with Gasteiger partial charge in [0, 0.05) is 18.2 Å². The first-order valence-electron chi connectivity index (χ1n) is 11.2. The minimum Gasteiger partial charge on any atom is -0.478 e. The van der Waals surface area contributed by atoms with Crippen molar-refractivity contribution in [3.63, 3.8) is 0 Å². The molecule has 2 aromatic carbocycles. The summed E-state index contributed by atoms with van der Waals surface area (Å²) in [5.41, 5.74) is 8.37. The van der Waals surface area contributed by atoms with E-state index in [1.54, 1.807) is 17.0 Å². The van der Waals surface area contributed by atoms with Crippen LogP contribution in [0.1, 0.15) is 53.2 Å². The van der Waals surface area contributed by atoms with Crippen molar-refractivity contribution in [1.29, 1.82) is 0 Å². The average molecular weight is 436 g/mol. The Morgan fingerprint density at radius 1 is 1.00 bits per heavy atom. The normalized spacial score (nSPS) is 22.7. The molecule has 2 amide bonds. The molecule has 0 unspecified atom stereocenters. The van der Waals surface area contributed by atoms with E-state index in [1.807, 2.05) is 24.3 Å². The van der Waals surface area contributed by atoms with Crippen molar-refractivity contribution in [3.05, 3.63) is 65.2 Å². The third kappa shape index (κ3) is 4.53. The third-order valence-electron chi connectivity index (χ3n) is 6.74. The third-order valence-corrected chi connectivity index (χ3v) is 6.74. The molecule has 7 nitrogen and oxygen atoms in total. The van der Waals surface area contributed by atoms with Gasteiger partial charge in [-0.05, 0) is 80.0 Å². The SMILES string of the molecule is NCC1CCC(C(=O)N2CCc3ccccc3[C@H]2C(=O)Nc2ccc(C(=O)O)cc2)CC1. The number of carbonyl (C=O) groups is 3. The summed E-state index contributed by atoms with van der Waals surface area (Å²) in [4.78, 5) is 39.7. The molecule has 0 bridgehead atoms. The number of nitrogens with zero attached hydrogens (tertiary/aromatic N) is 1. The number of anilines is 1. The van der Waals surface area contributed by atoms with Crippen LogP contribution < -0.4 is 11.1 Å². The van der Waals surface area contributed by atoms with Crippen LogP contribution >= 0.6 is 0 Å². The molecule has 2 aliphatic rings. The number of carboxylic acids is 1. The number of carboxylic acid groups (broad SMARTS) is 1. The van der Waals surface area contributed by atoms with Gasteiger partial charge in [-0.1, -0.05) is 24.3 Å².